The number of nitrogens with one attached hydrogen (secondary N) is 1. The van der Waals surface area contributed by atoms with Crippen molar-refractivity contribution < 1.29 is 13.6 Å². The average Bonchev–Trinajstić information content (AvgIpc) is 2.72. The summed E-state index contributed by atoms with van der Waals surface area (Å²) in [6.07, 6.45) is 1.76. The molecule has 0 amide bonds. The Bertz CT molecular complexity index is 543. The van der Waals surface area contributed by atoms with Crippen molar-refractivity contribution in [3.05, 3.63) is 35.8 Å². The predicted molar refractivity (Wildman–Crippen MR) is 63.6 cm³/mol. The summed E-state index contributed by atoms with van der Waals surface area (Å²) in [7, 11) is 1.75. The maximum absolute atomic E-state index is 13.2. The number of carbonyl (C=O) groups is 1. The molecule has 3 nitrogen and oxygen atoms in total. The number of Topliss-reactive ketones (excluding diaryl/α,β-unsaturated/α-hetero) is 1. The van der Waals surface area contributed by atoms with Crippen LogP contribution in [0, 0.1) is 5.82 Å². The fourth-order valence-electron chi connectivity index (χ4n) is 1.87. The fraction of sp³-hybridized carbons (Fsp3) is 0.308. The number of halogens is 1. The minimum absolute atomic E-state index is 0.00583. The molecule has 0 fully saturated rings. The van der Waals surface area contributed by atoms with Gasteiger partial charge in [-0.15, -0.1) is 0 Å². The smallest absolute Gasteiger partial charge is 0.179 e. The van der Waals surface area contributed by atoms with Crippen LogP contribution in [0.4, 0.5) is 4.39 Å². The molecule has 4 heteroatoms. The first-order chi connectivity index (χ1) is 8.17. The zero-order valence-corrected chi connectivity index (χ0v) is 9.79. The SMILES string of the molecule is CCC(NC)C(=O)c1ccc2c(F)coc2c1. The molecule has 2 aromatic rings. The Balaban J connectivity index is 2.39. The number of rotatable bonds is 4. The van der Waals surface area contributed by atoms with Crippen molar-refractivity contribution in [2.45, 2.75) is 19.4 Å². The Morgan fingerprint density at radius 1 is 1.53 bits per heavy atom. The van der Waals surface area contributed by atoms with Gasteiger partial charge >= 0.3 is 0 Å². The van der Waals surface area contributed by atoms with Crippen LogP contribution in [0.25, 0.3) is 11.0 Å². The Kier molecular flexibility index (Phi) is 3.24. The van der Waals surface area contributed by atoms with Crippen LogP contribution in [0.15, 0.2) is 28.9 Å². The lowest BCUT2D eigenvalue weighted by Crippen LogP contribution is -2.33. The Morgan fingerprint density at radius 2 is 2.29 bits per heavy atom. The molecule has 0 saturated carbocycles. The van der Waals surface area contributed by atoms with Crippen molar-refractivity contribution in [2.75, 3.05) is 7.05 Å². The Labute approximate surface area is 98.6 Å². The number of benzene rings is 1. The third-order valence-corrected chi connectivity index (χ3v) is 2.89. The molecule has 1 aromatic heterocycles. The monoisotopic (exact) mass is 235 g/mol. The van der Waals surface area contributed by atoms with Gasteiger partial charge < -0.3 is 9.73 Å². The predicted octanol–water partition coefficient (Wildman–Crippen LogP) is 2.75. The maximum Gasteiger partial charge on any atom is 0.179 e. The van der Waals surface area contributed by atoms with Gasteiger partial charge in [-0.3, -0.25) is 4.79 Å². The van der Waals surface area contributed by atoms with Crippen molar-refractivity contribution in [1.82, 2.24) is 5.32 Å². The van der Waals surface area contributed by atoms with E-state index >= 15 is 0 Å². The van der Waals surface area contributed by atoms with Gasteiger partial charge in [-0.1, -0.05) is 13.0 Å². The highest BCUT2D eigenvalue weighted by atomic mass is 19.1. The Hall–Kier alpha value is -1.68. The lowest BCUT2D eigenvalue weighted by Gasteiger charge is -2.12. The molecular formula is C13H14FNO2. The number of carbonyl (C=O) groups excluding carboxylic acids is 1. The highest BCUT2D eigenvalue weighted by Gasteiger charge is 2.17. The lowest BCUT2D eigenvalue weighted by atomic mass is 10.0. The van der Waals surface area contributed by atoms with Gasteiger partial charge in [0.2, 0.25) is 0 Å². The van der Waals surface area contributed by atoms with E-state index in [1.807, 2.05) is 6.92 Å². The van der Waals surface area contributed by atoms with E-state index in [9.17, 15) is 9.18 Å². The van der Waals surface area contributed by atoms with Crippen LogP contribution in [0.5, 0.6) is 0 Å². The maximum atomic E-state index is 13.2. The summed E-state index contributed by atoms with van der Waals surface area (Å²) in [6, 6.07) is 4.57. The van der Waals surface area contributed by atoms with E-state index in [2.05, 4.69) is 5.32 Å². The van der Waals surface area contributed by atoms with Crippen molar-refractivity contribution >= 4 is 16.8 Å². The van der Waals surface area contributed by atoms with Crippen molar-refractivity contribution in [3.63, 3.8) is 0 Å². The fourth-order valence-corrected chi connectivity index (χ4v) is 1.87. The molecule has 0 radical (unpaired) electrons. The van der Waals surface area contributed by atoms with Gasteiger partial charge in [0, 0.05) is 5.56 Å². The number of likely N-dealkylation sites (N-methyl/N-ethyl adjacent to an activating group) is 1. The molecule has 1 aromatic carbocycles. The minimum atomic E-state index is -0.403. The normalized spacial score (nSPS) is 12.9. The van der Waals surface area contributed by atoms with Crippen LogP contribution >= 0.6 is 0 Å². The summed E-state index contributed by atoms with van der Waals surface area (Å²) in [5, 5.41) is 3.35. The highest BCUT2D eigenvalue weighted by Crippen LogP contribution is 2.21. The standard InChI is InChI=1S/C13H14FNO2/c1-3-11(15-2)13(16)8-4-5-9-10(14)7-17-12(9)6-8/h4-7,11,15H,3H2,1-2H3. The van der Waals surface area contributed by atoms with Crippen LogP contribution in [-0.2, 0) is 0 Å². The highest BCUT2D eigenvalue weighted by molar-refractivity contribution is 6.02. The lowest BCUT2D eigenvalue weighted by molar-refractivity contribution is 0.0945. The Morgan fingerprint density at radius 3 is 2.94 bits per heavy atom. The molecule has 0 bridgehead atoms. The largest absolute Gasteiger partial charge is 0.461 e. The van der Waals surface area contributed by atoms with Crippen LogP contribution < -0.4 is 5.32 Å². The van der Waals surface area contributed by atoms with Crippen molar-refractivity contribution in [2.24, 2.45) is 0 Å². The van der Waals surface area contributed by atoms with Gasteiger partial charge in [-0.2, -0.15) is 0 Å². The molecule has 90 valence electrons. The van der Waals surface area contributed by atoms with E-state index in [4.69, 9.17) is 4.42 Å². The second-order valence-corrected chi connectivity index (χ2v) is 3.91. The van der Waals surface area contributed by atoms with Crippen LogP contribution in [-0.4, -0.2) is 18.9 Å². The molecule has 0 aliphatic heterocycles. The van der Waals surface area contributed by atoms with Gasteiger partial charge in [0.1, 0.15) is 11.8 Å². The summed E-state index contributed by atoms with van der Waals surface area (Å²) >= 11 is 0. The van der Waals surface area contributed by atoms with Gasteiger partial charge in [-0.05, 0) is 25.6 Å². The first-order valence-electron chi connectivity index (χ1n) is 5.55. The minimum Gasteiger partial charge on any atom is -0.461 e. The van der Waals surface area contributed by atoms with E-state index in [-0.39, 0.29) is 11.8 Å². The second kappa shape index (κ2) is 4.67. The molecule has 1 heterocycles. The molecule has 1 N–H and O–H groups in total. The molecule has 1 atom stereocenters. The van der Waals surface area contributed by atoms with Gasteiger partial charge in [0.15, 0.2) is 11.6 Å². The molecule has 17 heavy (non-hydrogen) atoms. The number of hydrogen-bond acceptors (Lipinski definition) is 3. The topological polar surface area (TPSA) is 42.2 Å². The number of furan rings is 1. The summed E-state index contributed by atoms with van der Waals surface area (Å²) in [5.41, 5.74) is 0.937. The van der Waals surface area contributed by atoms with E-state index in [0.717, 1.165) is 6.26 Å². The summed E-state index contributed by atoms with van der Waals surface area (Å²) in [5.74, 6) is -0.409. The summed E-state index contributed by atoms with van der Waals surface area (Å²) in [6.45, 7) is 1.93. The number of hydrogen-bond donors (Lipinski definition) is 1. The van der Waals surface area contributed by atoms with E-state index < -0.39 is 5.82 Å². The first kappa shape index (κ1) is 11.8. The molecule has 2 rings (SSSR count). The van der Waals surface area contributed by atoms with Crippen LogP contribution in [0.2, 0.25) is 0 Å². The van der Waals surface area contributed by atoms with Crippen molar-refractivity contribution in [1.29, 1.82) is 0 Å². The molecule has 0 saturated heterocycles. The van der Waals surface area contributed by atoms with Crippen LogP contribution in [0.3, 0.4) is 0 Å². The zero-order valence-electron chi connectivity index (χ0n) is 9.79. The van der Waals surface area contributed by atoms with Crippen molar-refractivity contribution in [3.8, 4) is 0 Å². The third kappa shape index (κ3) is 2.08. The van der Waals surface area contributed by atoms with Gasteiger partial charge in [-0.25, -0.2) is 4.39 Å². The molecule has 0 spiro atoms. The van der Waals surface area contributed by atoms with Crippen LogP contribution in [0.1, 0.15) is 23.7 Å². The number of ketones is 1. The molecule has 1 unspecified atom stereocenters. The second-order valence-electron chi connectivity index (χ2n) is 3.91. The molecular weight excluding hydrogens is 221 g/mol. The van der Waals surface area contributed by atoms with E-state index in [1.54, 1.807) is 25.2 Å². The molecule has 0 aliphatic rings. The summed E-state index contributed by atoms with van der Waals surface area (Å²) in [4.78, 5) is 12.1. The van der Waals surface area contributed by atoms with E-state index in [0.29, 0.717) is 23.0 Å². The third-order valence-electron chi connectivity index (χ3n) is 2.89. The quantitative estimate of drug-likeness (QED) is 0.828. The van der Waals surface area contributed by atoms with E-state index in [1.165, 1.54) is 0 Å². The molecule has 0 aliphatic carbocycles. The van der Waals surface area contributed by atoms with Gasteiger partial charge in [0.05, 0.1) is 11.4 Å². The number of fused-ring (bicyclic) bond motifs is 1. The first-order valence-corrected chi connectivity index (χ1v) is 5.55. The van der Waals surface area contributed by atoms with Gasteiger partial charge in [0.25, 0.3) is 0 Å². The average molecular weight is 235 g/mol. The zero-order chi connectivity index (χ0) is 12.4. The summed E-state index contributed by atoms with van der Waals surface area (Å²) < 4.78 is 18.2.